The highest BCUT2D eigenvalue weighted by Crippen LogP contribution is 2.28. The summed E-state index contributed by atoms with van der Waals surface area (Å²) < 4.78 is 0. The zero-order valence-corrected chi connectivity index (χ0v) is 13.3. The summed E-state index contributed by atoms with van der Waals surface area (Å²) in [6.07, 6.45) is 0. The highest BCUT2D eigenvalue weighted by Gasteiger charge is 2.17. The van der Waals surface area contributed by atoms with Gasteiger partial charge in [0.15, 0.2) is 5.13 Å². The van der Waals surface area contributed by atoms with Crippen LogP contribution in [-0.4, -0.2) is 30.4 Å². The number of hydrogen-bond acceptors (Lipinski definition) is 5. The van der Waals surface area contributed by atoms with Gasteiger partial charge in [0.2, 0.25) is 11.8 Å². The topological polar surface area (TPSA) is 74.3 Å². The number of benzene rings is 1. The van der Waals surface area contributed by atoms with Crippen molar-refractivity contribution in [3.8, 4) is 0 Å². The molecule has 0 radical (unpaired) electrons. The molecule has 0 saturated carbocycles. The summed E-state index contributed by atoms with van der Waals surface area (Å²) in [7, 11) is 1.59. The lowest BCUT2D eigenvalue weighted by Crippen LogP contribution is -2.31. The monoisotopic (exact) mass is 318 g/mol. The Morgan fingerprint density at radius 3 is 2.64 bits per heavy atom. The number of aromatic nitrogens is 1. The number of carbonyl (C=O) groups is 2. The molecule has 0 atom stereocenters. The van der Waals surface area contributed by atoms with Gasteiger partial charge < -0.3 is 10.6 Å². The first-order valence-corrected chi connectivity index (χ1v) is 7.71. The minimum absolute atomic E-state index is 0.0786. The summed E-state index contributed by atoms with van der Waals surface area (Å²) in [4.78, 5) is 29.1. The maximum absolute atomic E-state index is 11.9. The summed E-state index contributed by atoms with van der Waals surface area (Å²) in [6, 6.07) is 9.39. The van der Waals surface area contributed by atoms with E-state index in [-0.39, 0.29) is 18.4 Å². The normalized spacial score (nSPS) is 10.3. The Balaban J connectivity index is 2.08. The summed E-state index contributed by atoms with van der Waals surface area (Å²) in [5.74, 6) is -0.171. The molecule has 0 spiro atoms. The molecule has 2 aromatic rings. The second kappa shape index (κ2) is 7.67. The molecule has 0 bridgehead atoms. The molecule has 7 heteroatoms. The molecule has 116 valence electrons. The molecule has 0 aliphatic heterocycles. The van der Waals surface area contributed by atoms with E-state index in [2.05, 4.69) is 15.6 Å². The van der Waals surface area contributed by atoms with Gasteiger partial charge in [0.1, 0.15) is 0 Å². The molecule has 1 heterocycles. The molecule has 0 aliphatic carbocycles. The lowest BCUT2D eigenvalue weighted by molar-refractivity contribution is -0.119. The van der Waals surface area contributed by atoms with E-state index in [9.17, 15) is 9.59 Å². The van der Waals surface area contributed by atoms with Crippen LogP contribution in [0, 0.1) is 0 Å². The molecular weight excluding hydrogens is 300 g/mol. The largest absolute Gasteiger partial charge is 0.358 e. The van der Waals surface area contributed by atoms with Crippen LogP contribution in [0.4, 0.5) is 10.8 Å². The Bertz CT molecular complexity index is 642. The number of anilines is 2. The summed E-state index contributed by atoms with van der Waals surface area (Å²) >= 11 is 1.40. The van der Waals surface area contributed by atoms with E-state index >= 15 is 0 Å². The van der Waals surface area contributed by atoms with Gasteiger partial charge in [-0.1, -0.05) is 18.2 Å². The molecule has 1 aromatic carbocycles. The van der Waals surface area contributed by atoms with Gasteiger partial charge in [0, 0.05) is 25.9 Å². The third-order valence-electron chi connectivity index (χ3n) is 2.93. The van der Waals surface area contributed by atoms with Crippen LogP contribution in [0.2, 0.25) is 0 Å². The van der Waals surface area contributed by atoms with E-state index in [1.54, 1.807) is 11.9 Å². The molecule has 22 heavy (non-hydrogen) atoms. The summed E-state index contributed by atoms with van der Waals surface area (Å²) in [5, 5.41) is 8.04. The molecule has 6 nitrogen and oxygen atoms in total. The van der Waals surface area contributed by atoms with Gasteiger partial charge in [0.05, 0.1) is 17.9 Å². The Labute approximate surface area is 133 Å². The van der Waals surface area contributed by atoms with Crippen molar-refractivity contribution < 1.29 is 9.59 Å². The van der Waals surface area contributed by atoms with E-state index in [1.165, 1.54) is 18.3 Å². The van der Waals surface area contributed by atoms with Crippen molar-refractivity contribution in [2.24, 2.45) is 0 Å². The van der Waals surface area contributed by atoms with Crippen molar-refractivity contribution in [3.63, 3.8) is 0 Å². The van der Waals surface area contributed by atoms with Gasteiger partial charge in [0.25, 0.3) is 0 Å². The highest BCUT2D eigenvalue weighted by atomic mass is 32.1. The number of rotatable bonds is 6. The zero-order chi connectivity index (χ0) is 15.9. The number of hydrogen-bond donors (Lipinski definition) is 2. The van der Waals surface area contributed by atoms with E-state index in [0.717, 1.165) is 11.4 Å². The number of amides is 2. The van der Waals surface area contributed by atoms with Gasteiger partial charge in [-0.15, -0.1) is 11.3 Å². The zero-order valence-electron chi connectivity index (χ0n) is 12.5. The Morgan fingerprint density at radius 1 is 1.27 bits per heavy atom. The fourth-order valence-electron chi connectivity index (χ4n) is 1.88. The van der Waals surface area contributed by atoms with Crippen LogP contribution in [0.25, 0.3) is 0 Å². The first-order chi connectivity index (χ1) is 10.6. The van der Waals surface area contributed by atoms with Gasteiger partial charge >= 0.3 is 0 Å². The van der Waals surface area contributed by atoms with Gasteiger partial charge in [-0.3, -0.25) is 14.5 Å². The molecule has 1 aromatic heterocycles. The van der Waals surface area contributed by atoms with Gasteiger partial charge in [-0.25, -0.2) is 4.98 Å². The maximum Gasteiger partial charge on any atom is 0.233 e. The van der Waals surface area contributed by atoms with E-state index in [0.29, 0.717) is 11.7 Å². The van der Waals surface area contributed by atoms with Crippen molar-refractivity contribution in [2.45, 2.75) is 13.5 Å². The predicted octanol–water partition coefficient (Wildman–Crippen LogP) is 1.66. The van der Waals surface area contributed by atoms with Crippen molar-refractivity contribution in [1.82, 2.24) is 15.6 Å². The number of carbonyl (C=O) groups excluding carboxylic acids is 2. The number of likely N-dealkylation sites (N-methyl/N-ethyl adjacent to an activating group) is 1. The van der Waals surface area contributed by atoms with Crippen molar-refractivity contribution in [3.05, 3.63) is 41.4 Å². The summed E-state index contributed by atoms with van der Waals surface area (Å²) in [6.45, 7) is 2.22. The van der Waals surface area contributed by atoms with E-state index < -0.39 is 0 Å². The molecule has 2 amide bonds. The van der Waals surface area contributed by atoms with Crippen LogP contribution < -0.4 is 15.5 Å². The third-order valence-corrected chi connectivity index (χ3v) is 3.81. The first-order valence-electron chi connectivity index (χ1n) is 6.83. The lowest BCUT2D eigenvalue weighted by Gasteiger charge is -2.17. The molecule has 2 N–H and O–H groups in total. The second-order valence-electron chi connectivity index (χ2n) is 4.59. The Morgan fingerprint density at radius 2 is 2.00 bits per heavy atom. The Hall–Kier alpha value is -2.25. The van der Waals surface area contributed by atoms with Crippen molar-refractivity contribution in [2.75, 3.05) is 18.5 Å². The van der Waals surface area contributed by atoms with Crippen LogP contribution in [0.3, 0.4) is 0 Å². The minimum atomic E-state index is -0.0922. The van der Waals surface area contributed by atoms with Crippen LogP contribution in [0.1, 0.15) is 12.6 Å². The maximum atomic E-state index is 11.9. The molecule has 2 rings (SSSR count). The first kappa shape index (κ1) is 16.1. The molecule has 0 aliphatic rings. The van der Waals surface area contributed by atoms with Gasteiger partial charge in [-0.2, -0.15) is 0 Å². The molecule has 0 unspecified atom stereocenters. The fraction of sp³-hybridized carbons (Fsp3) is 0.267. The molecule has 0 saturated heterocycles. The number of para-hydroxylation sites is 1. The van der Waals surface area contributed by atoms with E-state index in [4.69, 9.17) is 0 Å². The van der Waals surface area contributed by atoms with Crippen LogP contribution >= 0.6 is 11.3 Å². The number of thiazole rings is 1. The third kappa shape index (κ3) is 4.12. The van der Waals surface area contributed by atoms with Crippen LogP contribution in [-0.2, 0) is 16.1 Å². The number of nitrogens with one attached hydrogen (secondary N) is 2. The lowest BCUT2D eigenvalue weighted by atomic mass is 10.3. The minimum Gasteiger partial charge on any atom is -0.358 e. The average molecular weight is 318 g/mol. The highest BCUT2D eigenvalue weighted by molar-refractivity contribution is 7.14. The molecular formula is C15H18N4O2S. The SMILES string of the molecule is CNC(=O)CNCc1csc(N(C(C)=O)c2ccccc2)n1. The van der Waals surface area contributed by atoms with Crippen molar-refractivity contribution >= 4 is 34.0 Å². The van der Waals surface area contributed by atoms with Gasteiger partial charge in [-0.05, 0) is 12.1 Å². The van der Waals surface area contributed by atoms with Crippen LogP contribution in [0.15, 0.2) is 35.7 Å². The fourth-order valence-corrected chi connectivity index (χ4v) is 2.76. The predicted molar refractivity (Wildman–Crippen MR) is 87.1 cm³/mol. The van der Waals surface area contributed by atoms with Crippen molar-refractivity contribution in [1.29, 1.82) is 0 Å². The van der Waals surface area contributed by atoms with Crippen LogP contribution in [0.5, 0.6) is 0 Å². The van der Waals surface area contributed by atoms with E-state index in [1.807, 2.05) is 35.7 Å². The second-order valence-corrected chi connectivity index (χ2v) is 5.42. The number of nitrogens with zero attached hydrogens (tertiary/aromatic N) is 2. The Kier molecular flexibility index (Phi) is 5.62. The average Bonchev–Trinajstić information content (AvgIpc) is 2.96. The summed E-state index contributed by atoms with van der Waals surface area (Å²) in [5.41, 5.74) is 1.58. The standard InChI is InChI=1S/C15H18N4O2S/c1-11(20)19(13-6-4-3-5-7-13)15-18-12(10-22-15)8-17-9-14(21)16-2/h3-7,10,17H,8-9H2,1-2H3,(H,16,21). The smallest absolute Gasteiger partial charge is 0.233 e. The quantitative estimate of drug-likeness (QED) is 0.849. The molecule has 0 fully saturated rings.